The minimum Gasteiger partial charge on any atom is -0.325 e. The Morgan fingerprint density at radius 2 is 1.73 bits per heavy atom. The first-order chi connectivity index (χ1) is 10.7. The van der Waals surface area contributed by atoms with Crippen molar-refractivity contribution in [3.05, 3.63) is 71.4 Å². The van der Waals surface area contributed by atoms with E-state index in [0.29, 0.717) is 17.0 Å². The smallest absolute Gasteiger partial charge is 0.128 e. The minimum absolute atomic E-state index is 0.198. The first-order valence-corrected chi connectivity index (χ1v) is 6.81. The summed E-state index contributed by atoms with van der Waals surface area (Å²) in [5.41, 5.74) is 8.19. The first-order valence-electron chi connectivity index (χ1n) is 6.81. The normalized spacial score (nSPS) is 10.9. The second kappa shape index (κ2) is 6.03. The van der Waals surface area contributed by atoms with Gasteiger partial charge in [-0.05, 0) is 30.3 Å². The number of nitrogens with two attached hydrogens (primary N) is 1. The molecule has 0 bridgehead atoms. The molecule has 0 spiro atoms. The molecule has 0 aliphatic carbocycles. The van der Waals surface area contributed by atoms with Crippen molar-refractivity contribution in [1.82, 2.24) is 15.0 Å². The third-order valence-corrected chi connectivity index (χ3v) is 3.39. The fraction of sp³-hybridized carbons (Fsp3) is 0.125. The molecular formula is C16H14F2N4. The van der Waals surface area contributed by atoms with Gasteiger partial charge in [0.2, 0.25) is 0 Å². The van der Waals surface area contributed by atoms with E-state index in [-0.39, 0.29) is 24.7 Å². The largest absolute Gasteiger partial charge is 0.325 e. The average molecular weight is 300 g/mol. The highest BCUT2D eigenvalue weighted by Crippen LogP contribution is 2.23. The molecule has 1 heterocycles. The highest BCUT2D eigenvalue weighted by molar-refractivity contribution is 5.62. The number of hydrogen-bond acceptors (Lipinski definition) is 3. The molecule has 0 amide bonds. The molecule has 0 atom stereocenters. The molecule has 0 aliphatic rings. The second-order valence-electron chi connectivity index (χ2n) is 4.84. The van der Waals surface area contributed by atoms with Crippen LogP contribution in [0.2, 0.25) is 0 Å². The minimum atomic E-state index is -0.328. The van der Waals surface area contributed by atoms with Gasteiger partial charge in [-0.2, -0.15) is 0 Å². The summed E-state index contributed by atoms with van der Waals surface area (Å²) in [6.45, 7) is 0.427. The SMILES string of the molecule is NCc1nnn(Cc2ccccc2F)c1-c1ccc(F)cc1. The van der Waals surface area contributed by atoms with Gasteiger partial charge in [0.05, 0.1) is 12.2 Å². The zero-order valence-electron chi connectivity index (χ0n) is 11.7. The maximum absolute atomic E-state index is 13.8. The van der Waals surface area contributed by atoms with Crippen LogP contribution in [0.15, 0.2) is 48.5 Å². The van der Waals surface area contributed by atoms with Crippen molar-refractivity contribution < 1.29 is 8.78 Å². The Hall–Kier alpha value is -2.60. The summed E-state index contributed by atoms with van der Waals surface area (Å²) in [6, 6.07) is 12.5. The van der Waals surface area contributed by atoms with Crippen LogP contribution in [-0.2, 0) is 13.1 Å². The van der Waals surface area contributed by atoms with Crippen molar-refractivity contribution in [2.24, 2.45) is 5.73 Å². The van der Waals surface area contributed by atoms with Crippen molar-refractivity contribution in [3.8, 4) is 11.3 Å². The fourth-order valence-corrected chi connectivity index (χ4v) is 2.31. The monoisotopic (exact) mass is 300 g/mol. The van der Waals surface area contributed by atoms with Crippen LogP contribution in [-0.4, -0.2) is 15.0 Å². The summed E-state index contributed by atoms with van der Waals surface area (Å²) in [5, 5.41) is 8.08. The van der Waals surface area contributed by atoms with Crippen LogP contribution in [0.5, 0.6) is 0 Å². The molecule has 0 fully saturated rings. The highest BCUT2D eigenvalue weighted by atomic mass is 19.1. The summed E-state index contributed by atoms with van der Waals surface area (Å²) < 4.78 is 28.5. The van der Waals surface area contributed by atoms with Crippen LogP contribution in [0.1, 0.15) is 11.3 Å². The van der Waals surface area contributed by atoms with Crippen LogP contribution in [0, 0.1) is 11.6 Å². The van der Waals surface area contributed by atoms with Crippen LogP contribution >= 0.6 is 0 Å². The number of hydrogen-bond donors (Lipinski definition) is 1. The summed E-state index contributed by atoms with van der Waals surface area (Å²) >= 11 is 0. The standard InChI is InChI=1S/C16H14F2N4/c17-13-7-5-11(6-8-13)16-15(9-19)20-21-22(16)10-12-3-1-2-4-14(12)18/h1-8H,9-10,19H2. The molecule has 3 rings (SSSR count). The van der Waals surface area contributed by atoms with Gasteiger partial charge in [-0.3, -0.25) is 0 Å². The van der Waals surface area contributed by atoms with Gasteiger partial charge in [0.1, 0.15) is 17.3 Å². The Labute approximate surface area is 126 Å². The molecule has 0 unspecified atom stereocenters. The van der Waals surface area contributed by atoms with Gasteiger partial charge < -0.3 is 5.73 Å². The van der Waals surface area contributed by atoms with E-state index in [1.807, 2.05) is 0 Å². The van der Waals surface area contributed by atoms with E-state index in [9.17, 15) is 8.78 Å². The predicted molar refractivity (Wildman–Crippen MR) is 78.8 cm³/mol. The zero-order valence-corrected chi connectivity index (χ0v) is 11.7. The quantitative estimate of drug-likeness (QED) is 0.806. The van der Waals surface area contributed by atoms with Gasteiger partial charge in [-0.1, -0.05) is 23.4 Å². The summed E-state index contributed by atoms with van der Waals surface area (Å²) in [5.74, 6) is -0.636. The van der Waals surface area contributed by atoms with Gasteiger partial charge in [0.25, 0.3) is 0 Å². The lowest BCUT2D eigenvalue weighted by Crippen LogP contribution is -2.07. The first kappa shape index (κ1) is 14.3. The van der Waals surface area contributed by atoms with E-state index in [2.05, 4.69) is 10.3 Å². The Morgan fingerprint density at radius 3 is 2.41 bits per heavy atom. The third-order valence-electron chi connectivity index (χ3n) is 3.39. The maximum Gasteiger partial charge on any atom is 0.128 e. The van der Waals surface area contributed by atoms with E-state index in [4.69, 9.17) is 5.73 Å². The Kier molecular flexibility index (Phi) is 3.93. The second-order valence-corrected chi connectivity index (χ2v) is 4.84. The van der Waals surface area contributed by atoms with Crippen molar-refractivity contribution in [1.29, 1.82) is 0 Å². The van der Waals surface area contributed by atoms with Gasteiger partial charge in [0, 0.05) is 17.7 Å². The summed E-state index contributed by atoms with van der Waals surface area (Å²) in [4.78, 5) is 0. The molecule has 1 aromatic heterocycles. The average Bonchev–Trinajstić information content (AvgIpc) is 2.93. The van der Waals surface area contributed by atoms with Gasteiger partial charge >= 0.3 is 0 Å². The topological polar surface area (TPSA) is 56.7 Å². The molecule has 2 N–H and O–H groups in total. The Balaban J connectivity index is 2.04. The van der Waals surface area contributed by atoms with Crippen molar-refractivity contribution in [2.75, 3.05) is 0 Å². The van der Waals surface area contributed by atoms with Crippen molar-refractivity contribution in [3.63, 3.8) is 0 Å². The molecule has 3 aromatic rings. The number of halogens is 2. The van der Waals surface area contributed by atoms with Crippen LogP contribution in [0.3, 0.4) is 0 Å². The molecule has 22 heavy (non-hydrogen) atoms. The van der Waals surface area contributed by atoms with Gasteiger partial charge in [-0.25, -0.2) is 13.5 Å². The summed E-state index contributed by atoms with van der Waals surface area (Å²) in [7, 11) is 0. The lowest BCUT2D eigenvalue weighted by atomic mass is 10.1. The van der Waals surface area contributed by atoms with Gasteiger partial charge in [0.15, 0.2) is 0 Å². The molecule has 2 aromatic carbocycles. The molecule has 0 radical (unpaired) electrons. The number of nitrogens with zero attached hydrogens (tertiary/aromatic N) is 3. The number of benzene rings is 2. The highest BCUT2D eigenvalue weighted by Gasteiger charge is 2.15. The predicted octanol–water partition coefficient (Wildman–Crippen LogP) is 2.73. The van der Waals surface area contributed by atoms with Gasteiger partial charge in [-0.15, -0.1) is 5.10 Å². The van der Waals surface area contributed by atoms with E-state index in [1.54, 1.807) is 35.0 Å². The molecule has 112 valence electrons. The maximum atomic E-state index is 13.8. The molecule has 4 nitrogen and oxygen atoms in total. The lowest BCUT2D eigenvalue weighted by molar-refractivity contribution is 0.579. The number of aromatic nitrogens is 3. The Bertz CT molecular complexity index is 781. The third kappa shape index (κ3) is 2.73. The van der Waals surface area contributed by atoms with Crippen LogP contribution in [0.4, 0.5) is 8.78 Å². The van der Waals surface area contributed by atoms with E-state index in [1.165, 1.54) is 18.2 Å². The molecule has 0 saturated heterocycles. The summed E-state index contributed by atoms with van der Waals surface area (Å²) in [6.07, 6.45) is 0. The van der Waals surface area contributed by atoms with E-state index >= 15 is 0 Å². The zero-order chi connectivity index (χ0) is 15.5. The fourth-order valence-electron chi connectivity index (χ4n) is 2.31. The molecule has 0 saturated carbocycles. The van der Waals surface area contributed by atoms with E-state index in [0.717, 1.165) is 5.56 Å². The van der Waals surface area contributed by atoms with Crippen LogP contribution < -0.4 is 5.73 Å². The lowest BCUT2D eigenvalue weighted by Gasteiger charge is -2.09. The van der Waals surface area contributed by atoms with Crippen molar-refractivity contribution >= 4 is 0 Å². The number of rotatable bonds is 4. The molecular weight excluding hydrogens is 286 g/mol. The Morgan fingerprint density at radius 1 is 1.00 bits per heavy atom. The van der Waals surface area contributed by atoms with Crippen LogP contribution in [0.25, 0.3) is 11.3 Å². The van der Waals surface area contributed by atoms with E-state index < -0.39 is 0 Å². The molecule has 0 aliphatic heterocycles. The molecule has 6 heteroatoms. The van der Waals surface area contributed by atoms with Crippen molar-refractivity contribution in [2.45, 2.75) is 13.1 Å².